The summed E-state index contributed by atoms with van der Waals surface area (Å²) in [5.74, 6) is 1.40. The molecule has 0 bridgehead atoms. The monoisotopic (exact) mass is 446 g/mol. The van der Waals surface area contributed by atoms with Crippen LogP contribution >= 0.6 is 0 Å². The first kappa shape index (κ1) is 21.7. The number of methoxy groups -OCH3 is 1. The molecule has 34 heavy (non-hydrogen) atoms. The van der Waals surface area contributed by atoms with Gasteiger partial charge in [0.15, 0.2) is 0 Å². The van der Waals surface area contributed by atoms with Crippen molar-refractivity contribution < 1.29 is 9.15 Å². The van der Waals surface area contributed by atoms with Gasteiger partial charge < -0.3 is 14.5 Å². The molecule has 4 aromatic carbocycles. The lowest BCUT2D eigenvalue weighted by Gasteiger charge is -2.22. The van der Waals surface area contributed by atoms with E-state index in [9.17, 15) is 0 Å². The molecule has 5 aromatic rings. The summed E-state index contributed by atoms with van der Waals surface area (Å²) in [5.41, 5.74) is 7.42. The molecule has 1 aromatic heterocycles. The number of benzene rings is 4. The normalized spacial score (nSPS) is 11.8. The number of hydrogen-bond acceptors (Lipinski definition) is 4. The molecule has 1 heterocycles. The van der Waals surface area contributed by atoms with E-state index in [0.717, 1.165) is 44.8 Å². The Labute approximate surface area is 199 Å². The van der Waals surface area contributed by atoms with Gasteiger partial charge in [-0.2, -0.15) is 0 Å². The standard InChI is InChI=1S/C30H26N2O2/c1-31-29(30-32-27(20-34-30)23-15-9-16-24(19-23)33-2)28-25(21-11-5-3-6-12-21)17-10-18-26(28)22-13-7-4-8-14-22/h3-20,29,31H,1-2H3. The van der Waals surface area contributed by atoms with Crippen LogP contribution in [0, 0.1) is 0 Å². The molecule has 5 rings (SSSR count). The number of ether oxygens (including phenoxy) is 1. The maximum absolute atomic E-state index is 6.07. The third-order valence-electron chi connectivity index (χ3n) is 5.99. The second kappa shape index (κ2) is 9.77. The fourth-order valence-electron chi connectivity index (χ4n) is 4.34. The summed E-state index contributed by atoms with van der Waals surface area (Å²) >= 11 is 0. The van der Waals surface area contributed by atoms with Crippen molar-refractivity contribution in [1.82, 2.24) is 10.3 Å². The summed E-state index contributed by atoms with van der Waals surface area (Å²) in [6, 6.07) is 34.9. The Morgan fingerprint density at radius 2 is 1.32 bits per heavy atom. The van der Waals surface area contributed by atoms with E-state index in [4.69, 9.17) is 14.1 Å². The highest BCUT2D eigenvalue weighted by Crippen LogP contribution is 2.39. The smallest absolute Gasteiger partial charge is 0.216 e. The lowest BCUT2D eigenvalue weighted by atomic mass is 9.87. The molecule has 0 aliphatic carbocycles. The van der Waals surface area contributed by atoms with Gasteiger partial charge in [0.05, 0.1) is 7.11 Å². The molecule has 0 amide bonds. The molecule has 1 unspecified atom stereocenters. The summed E-state index contributed by atoms with van der Waals surface area (Å²) in [7, 11) is 3.60. The molecule has 0 saturated heterocycles. The lowest BCUT2D eigenvalue weighted by Crippen LogP contribution is -2.20. The summed E-state index contributed by atoms with van der Waals surface area (Å²) in [4.78, 5) is 4.89. The van der Waals surface area contributed by atoms with Crippen LogP contribution in [-0.2, 0) is 0 Å². The van der Waals surface area contributed by atoms with E-state index in [0.29, 0.717) is 5.89 Å². The van der Waals surface area contributed by atoms with E-state index in [1.165, 1.54) is 0 Å². The molecular formula is C30H26N2O2. The van der Waals surface area contributed by atoms with E-state index in [-0.39, 0.29) is 6.04 Å². The third-order valence-corrected chi connectivity index (χ3v) is 5.99. The first-order chi connectivity index (χ1) is 16.8. The van der Waals surface area contributed by atoms with Gasteiger partial charge in [-0.1, -0.05) is 91.0 Å². The molecule has 168 valence electrons. The highest BCUT2D eigenvalue weighted by Gasteiger charge is 2.25. The SMILES string of the molecule is CNC(c1nc(-c2cccc(OC)c2)co1)c1c(-c2ccccc2)cccc1-c1ccccc1. The Morgan fingerprint density at radius 3 is 1.91 bits per heavy atom. The Kier molecular flexibility index (Phi) is 6.23. The zero-order chi connectivity index (χ0) is 23.3. The molecule has 1 atom stereocenters. The zero-order valence-corrected chi connectivity index (χ0v) is 19.2. The molecular weight excluding hydrogens is 420 g/mol. The molecule has 4 nitrogen and oxygen atoms in total. The Bertz CT molecular complexity index is 1320. The largest absolute Gasteiger partial charge is 0.497 e. The average Bonchev–Trinajstić information content (AvgIpc) is 3.40. The molecule has 0 fully saturated rings. The molecule has 0 radical (unpaired) electrons. The maximum atomic E-state index is 6.07. The minimum Gasteiger partial charge on any atom is -0.497 e. The summed E-state index contributed by atoms with van der Waals surface area (Å²) < 4.78 is 11.4. The zero-order valence-electron chi connectivity index (χ0n) is 19.2. The van der Waals surface area contributed by atoms with Crippen LogP contribution in [0.25, 0.3) is 33.5 Å². The second-order valence-corrected chi connectivity index (χ2v) is 8.02. The van der Waals surface area contributed by atoms with Gasteiger partial charge in [-0.05, 0) is 47.0 Å². The van der Waals surface area contributed by atoms with Crippen LogP contribution in [0.3, 0.4) is 0 Å². The maximum Gasteiger partial charge on any atom is 0.216 e. The predicted molar refractivity (Wildman–Crippen MR) is 137 cm³/mol. The Balaban J connectivity index is 1.66. The predicted octanol–water partition coefficient (Wildman–Crippen LogP) is 6.99. The van der Waals surface area contributed by atoms with Crippen LogP contribution in [0.15, 0.2) is 114 Å². The molecule has 4 heteroatoms. The summed E-state index contributed by atoms with van der Waals surface area (Å²) in [6.45, 7) is 0. The van der Waals surface area contributed by atoms with Gasteiger partial charge in [0.2, 0.25) is 5.89 Å². The molecule has 0 spiro atoms. The molecule has 0 aliphatic rings. The first-order valence-electron chi connectivity index (χ1n) is 11.3. The van der Waals surface area contributed by atoms with Crippen LogP contribution in [0.1, 0.15) is 17.5 Å². The van der Waals surface area contributed by atoms with Crippen molar-refractivity contribution in [1.29, 1.82) is 0 Å². The number of nitrogens with one attached hydrogen (secondary N) is 1. The fraction of sp³-hybridized carbons (Fsp3) is 0.100. The van der Waals surface area contributed by atoms with Crippen molar-refractivity contribution in [3.63, 3.8) is 0 Å². The van der Waals surface area contributed by atoms with Gasteiger partial charge in [0.1, 0.15) is 23.7 Å². The van der Waals surface area contributed by atoms with Crippen LogP contribution in [-0.4, -0.2) is 19.1 Å². The van der Waals surface area contributed by atoms with Crippen LogP contribution in [0.2, 0.25) is 0 Å². The van der Waals surface area contributed by atoms with Crippen LogP contribution in [0.5, 0.6) is 5.75 Å². The van der Waals surface area contributed by atoms with Crippen molar-refractivity contribution in [2.45, 2.75) is 6.04 Å². The van der Waals surface area contributed by atoms with Crippen molar-refractivity contribution >= 4 is 0 Å². The number of hydrogen-bond donors (Lipinski definition) is 1. The number of rotatable bonds is 7. The minimum absolute atomic E-state index is 0.244. The molecule has 0 aliphatic heterocycles. The Morgan fingerprint density at radius 1 is 0.735 bits per heavy atom. The van der Waals surface area contributed by atoms with Gasteiger partial charge in [-0.3, -0.25) is 0 Å². The fourth-order valence-corrected chi connectivity index (χ4v) is 4.34. The van der Waals surface area contributed by atoms with E-state index < -0.39 is 0 Å². The molecule has 1 N–H and O–H groups in total. The van der Waals surface area contributed by atoms with E-state index >= 15 is 0 Å². The Hall–Kier alpha value is -4.15. The molecule has 0 saturated carbocycles. The van der Waals surface area contributed by atoms with Crippen LogP contribution < -0.4 is 10.1 Å². The second-order valence-electron chi connectivity index (χ2n) is 8.02. The topological polar surface area (TPSA) is 47.3 Å². The van der Waals surface area contributed by atoms with Gasteiger partial charge in [0, 0.05) is 5.56 Å². The average molecular weight is 447 g/mol. The summed E-state index contributed by atoms with van der Waals surface area (Å²) in [5, 5.41) is 3.46. The van der Waals surface area contributed by atoms with Gasteiger partial charge in [-0.25, -0.2) is 4.98 Å². The highest BCUT2D eigenvalue weighted by atomic mass is 16.5. The minimum atomic E-state index is -0.244. The van der Waals surface area contributed by atoms with Gasteiger partial charge in [-0.15, -0.1) is 0 Å². The highest BCUT2D eigenvalue weighted by molar-refractivity contribution is 5.80. The number of oxazole rings is 1. The lowest BCUT2D eigenvalue weighted by molar-refractivity contribution is 0.415. The van der Waals surface area contributed by atoms with Gasteiger partial charge >= 0.3 is 0 Å². The van der Waals surface area contributed by atoms with Gasteiger partial charge in [0.25, 0.3) is 0 Å². The third kappa shape index (κ3) is 4.24. The van der Waals surface area contributed by atoms with Crippen LogP contribution in [0.4, 0.5) is 0 Å². The first-order valence-corrected chi connectivity index (χ1v) is 11.3. The van der Waals surface area contributed by atoms with Crippen molar-refractivity contribution in [3.8, 4) is 39.3 Å². The van der Waals surface area contributed by atoms with Crippen molar-refractivity contribution in [2.24, 2.45) is 0 Å². The number of nitrogens with zero attached hydrogens (tertiary/aromatic N) is 1. The number of aromatic nitrogens is 1. The van der Waals surface area contributed by atoms with Crippen molar-refractivity contribution in [2.75, 3.05) is 14.2 Å². The van der Waals surface area contributed by atoms with E-state index in [2.05, 4.69) is 72.0 Å². The van der Waals surface area contributed by atoms with E-state index in [1.54, 1.807) is 13.4 Å². The quantitative estimate of drug-likeness (QED) is 0.293. The van der Waals surface area contributed by atoms with E-state index in [1.807, 2.05) is 43.4 Å². The van der Waals surface area contributed by atoms with Crippen molar-refractivity contribution in [3.05, 3.63) is 121 Å². The summed E-state index contributed by atoms with van der Waals surface area (Å²) in [6.07, 6.45) is 1.71.